The van der Waals surface area contributed by atoms with Crippen LogP contribution in [0.5, 0.6) is 5.75 Å². The fourth-order valence-electron chi connectivity index (χ4n) is 12.4. The van der Waals surface area contributed by atoms with Gasteiger partial charge < -0.3 is 64.8 Å². The Balaban J connectivity index is 1.22. The fraction of sp³-hybridized carbons (Fsp3) is 0.652. The third-order valence-corrected chi connectivity index (χ3v) is 18.9. The molecule has 0 saturated carbocycles. The van der Waals surface area contributed by atoms with Crippen molar-refractivity contribution in [2.75, 3.05) is 66.1 Å². The van der Waals surface area contributed by atoms with Crippen LogP contribution < -0.4 is 20.7 Å². The standard InChI is InChI=1S/C66H100N10O15S/c1-15-42(6)59(53(88-12)34-56(79)74-31-23-26-50(74)61(89-13)43(7)62(82)69-44(8)60(81)46-24-19-18-20-25-46)72(10)63(83)48(40(2)3)33-51(77)58(41(4)5)73(11)66(85)91-38-45-27-28-52(90-39-47-36-68-65(71(47)9)76(86)87)49(32-45)70-55(78)37-67-29-21-16-17-22-30-75-57(80)35-54(92-14)64(75)84/h18-20,24-25,27-28,32,36,40-44,48,50,53-54,58-61,67,81H,15-17,21-23,26,29-31,33-35,37-39H2,1-14H3,(H,69,82)(H,70,78)/t42-,43+,44+,48-,50-,53+,54?,58-,59-,60+,61+/m0/s1. The molecule has 4 N–H and O–H groups in total. The molecule has 2 aliphatic heterocycles. The number of nitro groups is 1. The summed E-state index contributed by atoms with van der Waals surface area (Å²) in [5, 5.41) is 31.1. The molecule has 7 amide bonds. The van der Waals surface area contributed by atoms with E-state index < -0.39 is 77.2 Å². The first-order valence-electron chi connectivity index (χ1n) is 32.1. The van der Waals surface area contributed by atoms with Crippen LogP contribution >= 0.6 is 11.8 Å². The highest BCUT2D eigenvalue weighted by Gasteiger charge is 2.44. The van der Waals surface area contributed by atoms with Gasteiger partial charge in [-0.3, -0.25) is 38.5 Å². The number of rotatable bonds is 38. The number of amides is 7. The van der Waals surface area contributed by atoms with Crippen molar-refractivity contribution in [1.29, 1.82) is 0 Å². The molecule has 5 rings (SSSR count). The number of likely N-dealkylation sites (tertiary alicyclic amines) is 2. The van der Waals surface area contributed by atoms with Crippen LogP contribution in [0.15, 0.2) is 54.7 Å². The summed E-state index contributed by atoms with van der Waals surface area (Å²) in [7, 11) is 7.66. The van der Waals surface area contributed by atoms with E-state index in [0.717, 1.165) is 19.3 Å². The molecule has 2 aliphatic rings. The van der Waals surface area contributed by atoms with Gasteiger partial charge in [-0.1, -0.05) is 109 Å². The normalized spacial score (nSPS) is 18.0. The Bertz CT molecular complexity index is 2970. The number of likely N-dealkylation sites (N-methyl/N-ethyl adjacent to an activating group) is 2. The molecule has 0 radical (unpaired) electrons. The molecule has 1 aromatic heterocycles. The van der Waals surface area contributed by atoms with Gasteiger partial charge in [-0.2, -0.15) is 11.8 Å². The Morgan fingerprint density at radius 2 is 1.60 bits per heavy atom. The molecule has 2 fully saturated rings. The fourth-order valence-corrected chi connectivity index (χ4v) is 13.0. The molecule has 2 saturated heterocycles. The highest BCUT2D eigenvalue weighted by Crippen LogP contribution is 2.33. The minimum Gasteiger partial charge on any atom is -0.484 e. The van der Waals surface area contributed by atoms with Gasteiger partial charge in [-0.15, -0.1) is 0 Å². The maximum Gasteiger partial charge on any atom is 0.434 e. The lowest BCUT2D eigenvalue weighted by Crippen LogP contribution is -2.55. The highest BCUT2D eigenvalue weighted by molar-refractivity contribution is 8.00. The van der Waals surface area contributed by atoms with Crippen LogP contribution in [0.1, 0.15) is 143 Å². The number of imide groups is 1. The van der Waals surface area contributed by atoms with E-state index in [2.05, 4.69) is 20.9 Å². The van der Waals surface area contributed by atoms with Gasteiger partial charge in [0.2, 0.25) is 35.4 Å². The van der Waals surface area contributed by atoms with E-state index in [1.165, 1.54) is 60.6 Å². The number of anilines is 1. The number of aliphatic hydroxyl groups excluding tert-OH is 1. The molecule has 0 aliphatic carbocycles. The zero-order valence-corrected chi connectivity index (χ0v) is 57.0. The summed E-state index contributed by atoms with van der Waals surface area (Å²) in [5.41, 5.74) is 1.74. The highest BCUT2D eigenvalue weighted by atomic mass is 32.2. The Morgan fingerprint density at radius 3 is 2.21 bits per heavy atom. The molecular formula is C66H100N10O15S. The number of methoxy groups -OCH3 is 2. The SMILES string of the molecule is CC[C@H](C)[C@@H]([C@@H](CC(=O)N1CCC[C@H]1[C@H](OC)[C@@H](C)C(=O)N[C@H](C)[C@@H](O)c1ccccc1)OC)N(C)C(=O)[C@@H](CC(=O)[C@H](C(C)C)N(C)C(=O)OCc1ccc(OCc2cnc([N+](=O)[O-])n2C)c(NC(=O)CNCCCCCCN2C(=O)CC(SC)C2=O)c1)C(C)C. The molecule has 0 spiro atoms. The van der Waals surface area contributed by atoms with Gasteiger partial charge in [-0.05, 0) is 91.3 Å². The molecule has 26 heteroatoms. The zero-order chi connectivity index (χ0) is 68.1. The summed E-state index contributed by atoms with van der Waals surface area (Å²) in [4.78, 5) is 131. The van der Waals surface area contributed by atoms with Crippen molar-refractivity contribution >= 4 is 70.7 Å². The number of carbonyl (C=O) groups excluding carboxylic acids is 8. The maximum atomic E-state index is 14.9. The molecular weight excluding hydrogens is 1200 g/mol. The Kier molecular flexibility index (Phi) is 30.0. The zero-order valence-electron chi connectivity index (χ0n) is 56.2. The van der Waals surface area contributed by atoms with Crippen molar-refractivity contribution in [2.24, 2.45) is 36.6 Å². The monoisotopic (exact) mass is 1300 g/mol. The number of ketones is 1. The summed E-state index contributed by atoms with van der Waals surface area (Å²) in [6.07, 6.45) is 4.90. The molecule has 3 aromatic rings. The lowest BCUT2D eigenvalue weighted by atomic mass is 9.83. The lowest BCUT2D eigenvalue weighted by Gasteiger charge is -2.41. The van der Waals surface area contributed by atoms with E-state index in [1.54, 1.807) is 74.9 Å². The molecule has 1 unspecified atom stereocenters. The second-order valence-electron chi connectivity index (χ2n) is 25.1. The van der Waals surface area contributed by atoms with Gasteiger partial charge >= 0.3 is 12.0 Å². The van der Waals surface area contributed by atoms with E-state index in [0.29, 0.717) is 62.1 Å². The first-order chi connectivity index (χ1) is 43.7. The number of aliphatic hydroxyl groups is 1. The van der Waals surface area contributed by atoms with Crippen LogP contribution in [0.25, 0.3) is 0 Å². The van der Waals surface area contributed by atoms with Gasteiger partial charge in [0.05, 0.1) is 79.3 Å². The van der Waals surface area contributed by atoms with E-state index in [-0.39, 0.29) is 109 Å². The molecule has 510 valence electrons. The summed E-state index contributed by atoms with van der Waals surface area (Å²) >= 11 is 1.39. The summed E-state index contributed by atoms with van der Waals surface area (Å²) in [5.74, 6) is -4.43. The number of ether oxygens (including phenoxy) is 4. The number of aromatic nitrogens is 2. The van der Waals surface area contributed by atoms with Crippen molar-refractivity contribution in [1.82, 2.24) is 39.8 Å². The van der Waals surface area contributed by atoms with Crippen LogP contribution in [0.3, 0.4) is 0 Å². The molecule has 11 atom stereocenters. The number of benzene rings is 2. The van der Waals surface area contributed by atoms with Gasteiger partial charge in [0.1, 0.15) is 25.2 Å². The number of imidazole rings is 1. The van der Waals surface area contributed by atoms with Crippen molar-refractivity contribution in [3.8, 4) is 5.75 Å². The molecule has 2 aromatic carbocycles. The number of unbranched alkanes of at least 4 members (excludes halogenated alkanes) is 3. The largest absolute Gasteiger partial charge is 0.484 e. The van der Waals surface area contributed by atoms with E-state index in [9.17, 15) is 53.6 Å². The number of nitrogens with one attached hydrogen (secondary N) is 3. The number of Topliss-reactive ketones (excluding diaryl/α,β-unsaturated/α-hetero) is 1. The Morgan fingerprint density at radius 1 is 0.902 bits per heavy atom. The first kappa shape index (κ1) is 75.7. The number of nitrogens with zero attached hydrogens (tertiary/aromatic N) is 7. The van der Waals surface area contributed by atoms with Crippen LogP contribution in [-0.2, 0) is 68.0 Å². The van der Waals surface area contributed by atoms with E-state index in [4.69, 9.17) is 18.9 Å². The van der Waals surface area contributed by atoms with Gasteiger partial charge in [0.15, 0.2) is 11.5 Å². The van der Waals surface area contributed by atoms with Crippen LogP contribution in [-0.4, -0.2) is 189 Å². The number of hydrogen-bond acceptors (Lipinski definition) is 18. The first-order valence-corrected chi connectivity index (χ1v) is 33.4. The quantitative estimate of drug-likeness (QED) is 0.0187. The smallest absolute Gasteiger partial charge is 0.434 e. The lowest BCUT2D eigenvalue weighted by molar-refractivity contribution is -0.396. The van der Waals surface area contributed by atoms with Crippen molar-refractivity contribution in [3.63, 3.8) is 0 Å². The third kappa shape index (κ3) is 20.3. The van der Waals surface area contributed by atoms with Gasteiger partial charge in [-0.25, -0.2) is 9.36 Å². The van der Waals surface area contributed by atoms with Crippen LogP contribution in [0.4, 0.5) is 16.4 Å². The average molecular weight is 1310 g/mol. The summed E-state index contributed by atoms with van der Waals surface area (Å²) < 4.78 is 25.3. The third-order valence-electron chi connectivity index (χ3n) is 18.0. The Hall–Kier alpha value is -7.00. The van der Waals surface area contributed by atoms with Crippen molar-refractivity contribution in [2.45, 2.75) is 181 Å². The van der Waals surface area contributed by atoms with Crippen molar-refractivity contribution < 1.29 is 67.3 Å². The number of hydrogen-bond donors (Lipinski definition) is 4. The molecule has 25 nitrogen and oxygen atoms in total. The minimum absolute atomic E-state index is 0.0637. The van der Waals surface area contributed by atoms with Gasteiger partial charge in [0, 0.05) is 60.2 Å². The van der Waals surface area contributed by atoms with Crippen LogP contribution in [0, 0.1) is 39.7 Å². The second-order valence-corrected chi connectivity index (χ2v) is 26.1. The maximum absolute atomic E-state index is 14.9. The minimum atomic E-state index is -1.00. The number of carbonyl (C=O) groups is 8. The molecule has 0 bridgehead atoms. The Labute approximate surface area is 546 Å². The van der Waals surface area contributed by atoms with E-state index >= 15 is 0 Å². The predicted molar refractivity (Wildman–Crippen MR) is 349 cm³/mol. The second kappa shape index (κ2) is 36.4. The molecule has 3 heterocycles. The topological polar surface area (TPSA) is 304 Å². The summed E-state index contributed by atoms with van der Waals surface area (Å²) in [6, 6.07) is 11.2. The molecule has 92 heavy (non-hydrogen) atoms. The van der Waals surface area contributed by atoms with Gasteiger partial charge in [0.25, 0.3) is 0 Å². The average Bonchev–Trinajstić information content (AvgIpc) is 1.28. The van der Waals surface area contributed by atoms with E-state index in [1.807, 2.05) is 52.1 Å². The predicted octanol–water partition coefficient (Wildman–Crippen LogP) is 7.47. The van der Waals surface area contributed by atoms with Crippen LogP contribution in [0.2, 0.25) is 0 Å². The number of thioether (sulfide) groups is 1. The summed E-state index contributed by atoms with van der Waals surface area (Å²) in [6.45, 7) is 15.7. The van der Waals surface area contributed by atoms with Crippen molar-refractivity contribution in [3.05, 3.63) is 81.7 Å².